The van der Waals surface area contributed by atoms with Gasteiger partial charge in [0, 0.05) is 17.8 Å². The largest absolute Gasteiger partial charge is 0.492 e. The summed E-state index contributed by atoms with van der Waals surface area (Å²) in [5.74, 6) is -2.84. The highest BCUT2D eigenvalue weighted by Gasteiger charge is 2.12. The number of carbonyl (C=O) groups excluding carboxylic acids is 2. The summed E-state index contributed by atoms with van der Waals surface area (Å²) in [5, 5.41) is 8.65. The first-order valence-corrected chi connectivity index (χ1v) is 9.21. The van der Waals surface area contributed by atoms with Crippen LogP contribution in [-0.4, -0.2) is 34.7 Å². The molecule has 0 fully saturated rings. The van der Waals surface area contributed by atoms with Gasteiger partial charge in [-0.15, -0.1) is 0 Å². The van der Waals surface area contributed by atoms with Crippen molar-refractivity contribution in [3.05, 3.63) is 88.3 Å². The number of para-hydroxylation sites is 1. The zero-order chi connectivity index (χ0) is 22.2. The molecule has 3 aromatic rings. The number of rotatable bonds is 8. The van der Waals surface area contributed by atoms with E-state index in [-0.39, 0.29) is 24.5 Å². The molecule has 0 spiro atoms. The molecular weight excluding hydrogens is 410 g/mol. The zero-order valence-electron chi connectivity index (χ0n) is 16.2. The van der Waals surface area contributed by atoms with E-state index >= 15 is 0 Å². The number of carbonyl (C=O) groups is 2. The minimum Gasteiger partial charge on any atom is -0.492 e. The molecule has 0 radical (unpaired) electrons. The molecule has 8 nitrogen and oxygen atoms in total. The van der Waals surface area contributed by atoms with Crippen molar-refractivity contribution in [2.45, 2.75) is 6.54 Å². The van der Waals surface area contributed by atoms with Crippen LogP contribution in [0.5, 0.6) is 5.75 Å². The average Bonchev–Trinajstić information content (AvgIpc) is 2.76. The predicted octanol–water partition coefficient (Wildman–Crippen LogP) is 1.97. The van der Waals surface area contributed by atoms with Gasteiger partial charge in [-0.25, -0.2) is 13.5 Å². The van der Waals surface area contributed by atoms with E-state index in [1.54, 1.807) is 12.1 Å². The lowest BCUT2D eigenvalue weighted by Gasteiger charge is -2.09. The summed E-state index contributed by atoms with van der Waals surface area (Å²) in [6, 6.07) is 14.3. The van der Waals surface area contributed by atoms with Gasteiger partial charge in [0.2, 0.25) is 5.91 Å². The standard InChI is InChI=1S/C21H18F2N4O4/c22-16-7-6-14(12-17(16)23)25-19(28)13-24-21(30)18-8-9-20(29)27(26-18)10-11-31-15-4-2-1-3-5-15/h1-9,12H,10-11,13H2,(H,24,30)(H,25,28). The number of benzene rings is 2. The van der Waals surface area contributed by atoms with Crippen molar-refractivity contribution >= 4 is 17.5 Å². The molecule has 0 aliphatic heterocycles. The second-order valence-electron chi connectivity index (χ2n) is 6.30. The Morgan fingerprint density at radius 3 is 2.52 bits per heavy atom. The number of amides is 2. The third-order valence-electron chi connectivity index (χ3n) is 4.03. The molecule has 1 aromatic heterocycles. The van der Waals surface area contributed by atoms with Crippen LogP contribution in [0.25, 0.3) is 0 Å². The summed E-state index contributed by atoms with van der Waals surface area (Å²) in [7, 11) is 0. The number of nitrogens with one attached hydrogen (secondary N) is 2. The fourth-order valence-corrected chi connectivity index (χ4v) is 2.53. The molecule has 1 heterocycles. The highest BCUT2D eigenvalue weighted by Crippen LogP contribution is 2.12. The maximum Gasteiger partial charge on any atom is 0.272 e. The molecule has 0 unspecified atom stereocenters. The molecule has 2 N–H and O–H groups in total. The van der Waals surface area contributed by atoms with Gasteiger partial charge in [-0.3, -0.25) is 14.4 Å². The van der Waals surface area contributed by atoms with Crippen molar-refractivity contribution in [1.82, 2.24) is 15.1 Å². The molecule has 10 heteroatoms. The van der Waals surface area contributed by atoms with Gasteiger partial charge in [0.25, 0.3) is 11.5 Å². The molecule has 31 heavy (non-hydrogen) atoms. The molecule has 0 saturated carbocycles. The highest BCUT2D eigenvalue weighted by molar-refractivity contribution is 5.98. The van der Waals surface area contributed by atoms with Crippen LogP contribution in [0.2, 0.25) is 0 Å². The Labute approximate surface area is 175 Å². The zero-order valence-corrected chi connectivity index (χ0v) is 16.2. The molecular formula is C21H18F2N4O4. The average molecular weight is 428 g/mol. The molecule has 2 amide bonds. The molecule has 0 atom stereocenters. The van der Waals surface area contributed by atoms with Crippen LogP contribution in [0.3, 0.4) is 0 Å². The van der Waals surface area contributed by atoms with Gasteiger partial charge >= 0.3 is 0 Å². The maximum atomic E-state index is 13.2. The Morgan fingerprint density at radius 1 is 1.00 bits per heavy atom. The second kappa shape index (κ2) is 10.1. The Morgan fingerprint density at radius 2 is 1.77 bits per heavy atom. The first-order valence-electron chi connectivity index (χ1n) is 9.21. The number of hydrogen-bond donors (Lipinski definition) is 2. The fraction of sp³-hybridized carbons (Fsp3) is 0.143. The molecule has 2 aromatic carbocycles. The van der Waals surface area contributed by atoms with Gasteiger partial charge < -0.3 is 15.4 Å². The maximum absolute atomic E-state index is 13.2. The van der Waals surface area contributed by atoms with Crippen molar-refractivity contribution in [2.75, 3.05) is 18.5 Å². The number of anilines is 1. The van der Waals surface area contributed by atoms with Gasteiger partial charge in [-0.1, -0.05) is 18.2 Å². The van der Waals surface area contributed by atoms with E-state index < -0.39 is 35.6 Å². The van der Waals surface area contributed by atoms with Gasteiger partial charge in [0.1, 0.15) is 18.1 Å². The summed E-state index contributed by atoms with van der Waals surface area (Å²) in [6.07, 6.45) is 0. The lowest BCUT2D eigenvalue weighted by molar-refractivity contribution is -0.115. The van der Waals surface area contributed by atoms with Crippen LogP contribution in [0.4, 0.5) is 14.5 Å². The van der Waals surface area contributed by atoms with Crippen molar-refractivity contribution in [3.63, 3.8) is 0 Å². The summed E-state index contributed by atoms with van der Waals surface area (Å²) in [5.41, 5.74) is -0.438. The third-order valence-corrected chi connectivity index (χ3v) is 4.03. The van der Waals surface area contributed by atoms with E-state index in [0.717, 1.165) is 16.8 Å². The van der Waals surface area contributed by atoms with Crippen molar-refractivity contribution in [1.29, 1.82) is 0 Å². The van der Waals surface area contributed by atoms with Gasteiger partial charge in [0.05, 0.1) is 13.1 Å². The second-order valence-corrected chi connectivity index (χ2v) is 6.30. The number of ether oxygens (including phenoxy) is 1. The topological polar surface area (TPSA) is 102 Å². The molecule has 0 bridgehead atoms. The quantitative estimate of drug-likeness (QED) is 0.571. The summed E-state index contributed by atoms with van der Waals surface area (Å²) < 4.78 is 32.7. The summed E-state index contributed by atoms with van der Waals surface area (Å²) in [4.78, 5) is 36.1. The van der Waals surface area contributed by atoms with Crippen LogP contribution >= 0.6 is 0 Å². The lowest BCUT2D eigenvalue weighted by Crippen LogP contribution is -2.35. The molecule has 0 aliphatic rings. The van der Waals surface area contributed by atoms with Crippen LogP contribution in [0, 0.1) is 11.6 Å². The molecule has 0 aliphatic carbocycles. The number of aromatic nitrogens is 2. The van der Waals surface area contributed by atoms with E-state index in [0.29, 0.717) is 5.75 Å². The number of nitrogens with zero attached hydrogens (tertiary/aromatic N) is 2. The van der Waals surface area contributed by atoms with E-state index in [9.17, 15) is 23.2 Å². The van der Waals surface area contributed by atoms with Crippen LogP contribution in [0.15, 0.2) is 65.5 Å². The normalized spacial score (nSPS) is 10.4. The smallest absolute Gasteiger partial charge is 0.272 e. The van der Waals surface area contributed by atoms with Gasteiger partial charge in [0.15, 0.2) is 11.6 Å². The van der Waals surface area contributed by atoms with Crippen molar-refractivity contribution in [3.8, 4) is 5.75 Å². The lowest BCUT2D eigenvalue weighted by atomic mass is 10.3. The van der Waals surface area contributed by atoms with Crippen molar-refractivity contribution in [2.24, 2.45) is 0 Å². The van der Waals surface area contributed by atoms with Gasteiger partial charge in [-0.05, 0) is 30.3 Å². The van der Waals surface area contributed by atoms with E-state index in [4.69, 9.17) is 4.74 Å². The number of halogens is 2. The van der Waals surface area contributed by atoms with E-state index in [2.05, 4.69) is 15.7 Å². The first-order chi connectivity index (χ1) is 14.9. The monoisotopic (exact) mass is 428 g/mol. The Kier molecular flexibility index (Phi) is 7.05. The molecule has 0 saturated heterocycles. The Hall–Kier alpha value is -4.08. The minimum absolute atomic E-state index is 0.0447. The van der Waals surface area contributed by atoms with Crippen molar-refractivity contribution < 1.29 is 23.1 Å². The SMILES string of the molecule is O=C(CNC(=O)c1ccc(=O)n(CCOc2ccccc2)n1)Nc1ccc(F)c(F)c1. The predicted molar refractivity (Wildman–Crippen MR) is 108 cm³/mol. The van der Waals surface area contributed by atoms with Gasteiger partial charge in [-0.2, -0.15) is 5.10 Å². The van der Waals surface area contributed by atoms with Crippen LogP contribution in [0.1, 0.15) is 10.5 Å². The van der Waals surface area contributed by atoms with E-state index in [1.807, 2.05) is 18.2 Å². The fourth-order valence-electron chi connectivity index (χ4n) is 2.53. The summed E-state index contributed by atoms with van der Waals surface area (Å²) in [6.45, 7) is -0.153. The Bertz CT molecular complexity index is 1140. The first kappa shape index (κ1) is 21.6. The van der Waals surface area contributed by atoms with E-state index in [1.165, 1.54) is 18.2 Å². The van der Waals surface area contributed by atoms with Crippen LogP contribution < -0.4 is 20.9 Å². The number of hydrogen-bond acceptors (Lipinski definition) is 5. The molecule has 3 rings (SSSR count). The minimum atomic E-state index is -1.11. The molecule has 160 valence electrons. The summed E-state index contributed by atoms with van der Waals surface area (Å²) >= 11 is 0. The Balaban J connectivity index is 1.53. The highest BCUT2D eigenvalue weighted by atomic mass is 19.2. The van der Waals surface area contributed by atoms with Crippen LogP contribution in [-0.2, 0) is 11.3 Å². The third kappa shape index (κ3) is 6.20.